The fourth-order valence-electron chi connectivity index (χ4n) is 3.28. The standard InChI is InChI=1S/C17H16F2N4O/c18-14-3-2-11(6-15(14)19)16-7-13(24)10-23(16)9-12-8-22-5-1-4-20-17(22)21-12/h1-6,8,13,16,24H,7,9-10H2. The zero-order chi connectivity index (χ0) is 16.7. The number of hydrogen-bond acceptors (Lipinski definition) is 4. The van der Waals surface area contributed by atoms with E-state index in [4.69, 9.17) is 0 Å². The van der Waals surface area contributed by atoms with Crippen LogP contribution in [-0.2, 0) is 6.54 Å². The second-order valence-corrected chi connectivity index (χ2v) is 6.07. The van der Waals surface area contributed by atoms with Crippen LogP contribution in [0.5, 0.6) is 0 Å². The number of fused-ring (bicyclic) bond motifs is 1. The number of aromatic nitrogens is 3. The number of β-amino-alcohol motifs (C(OH)–C–C–N with tert-alkyl or cyclic N) is 1. The maximum atomic E-state index is 13.5. The van der Waals surface area contributed by atoms with E-state index in [9.17, 15) is 13.9 Å². The molecule has 0 radical (unpaired) electrons. The van der Waals surface area contributed by atoms with Crippen molar-refractivity contribution in [1.29, 1.82) is 0 Å². The number of rotatable bonds is 3. The minimum atomic E-state index is -0.870. The molecule has 4 rings (SSSR count). The molecule has 5 nitrogen and oxygen atoms in total. The van der Waals surface area contributed by atoms with E-state index in [0.717, 1.165) is 11.8 Å². The predicted octanol–water partition coefficient (Wildman–Crippen LogP) is 2.32. The highest BCUT2D eigenvalue weighted by atomic mass is 19.2. The van der Waals surface area contributed by atoms with Crippen molar-refractivity contribution >= 4 is 5.78 Å². The number of aliphatic hydroxyl groups excluding tert-OH is 1. The van der Waals surface area contributed by atoms with Gasteiger partial charge in [-0.15, -0.1) is 0 Å². The third-order valence-electron chi connectivity index (χ3n) is 4.36. The van der Waals surface area contributed by atoms with Crippen molar-refractivity contribution in [2.45, 2.75) is 25.1 Å². The number of aliphatic hydroxyl groups is 1. The molecule has 0 aliphatic carbocycles. The van der Waals surface area contributed by atoms with Crippen molar-refractivity contribution in [2.24, 2.45) is 0 Å². The first kappa shape index (κ1) is 15.2. The highest BCUT2D eigenvalue weighted by molar-refractivity contribution is 5.30. The van der Waals surface area contributed by atoms with Gasteiger partial charge in [-0.25, -0.2) is 18.7 Å². The van der Waals surface area contributed by atoms with E-state index in [0.29, 0.717) is 30.9 Å². The first-order valence-electron chi connectivity index (χ1n) is 7.76. The van der Waals surface area contributed by atoms with Crippen molar-refractivity contribution in [2.75, 3.05) is 6.54 Å². The van der Waals surface area contributed by atoms with Gasteiger partial charge >= 0.3 is 0 Å². The van der Waals surface area contributed by atoms with E-state index in [2.05, 4.69) is 9.97 Å². The number of hydrogen-bond donors (Lipinski definition) is 1. The van der Waals surface area contributed by atoms with Crippen LogP contribution in [0.2, 0.25) is 0 Å². The number of likely N-dealkylation sites (tertiary alicyclic amines) is 1. The molecule has 2 unspecified atom stereocenters. The van der Waals surface area contributed by atoms with Gasteiger partial charge < -0.3 is 5.11 Å². The van der Waals surface area contributed by atoms with Gasteiger partial charge in [0.2, 0.25) is 5.78 Å². The normalized spacial score (nSPS) is 21.6. The lowest BCUT2D eigenvalue weighted by atomic mass is 10.0. The van der Waals surface area contributed by atoms with Gasteiger partial charge in [0.05, 0.1) is 11.8 Å². The van der Waals surface area contributed by atoms with Crippen LogP contribution < -0.4 is 0 Å². The van der Waals surface area contributed by atoms with Crippen LogP contribution in [0.4, 0.5) is 8.78 Å². The summed E-state index contributed by atoms with van der Waals surface area (Å²) >= 11 is 0. The Morgan fingerprint density at radius 3 is 2.92 bits per heavy atom. The Morgan fingerprint density at radius 2 is 2.12 bits per heavy atom. The summed E-state index contributed by atoms with van der Waals surface area (Å²) in [6.45, 7) is 0.967. The molecular formula is C17H16F2N4O. The zero-order valence-electron chi connectivity index (χ0n) is 12.8. The molecule has 0 amide bonds. The summed E-state index contributed by atoms with van der Waals surface area (Å²) in [4.78, 5) is 10.7. The van der Waals surface area contributed by atoms with Crippen molar-refractivity contribution < 1.29 is 13.9 Å². The van der Waals surface area contributed by atoms with Gasteiger partial charge in [0, 0.05) is 37.7 Å². The minimum Gasteiger partial charge on any atom is -0.392 e. The SMILES string of the molecule is OC1CC(c2ccc(F)c(F)c2)N(Cc2cn3cccnc3n2)C1. The Balaban J connectivity index is 1.61. The molecule has 0 saturated carbocycles. The number of benzene rings is 1. The molecule has 0 bridgehead atoms. The molecule has 3 heterocycles. The average molecular weight is 330 g/mol. The quantitative estimate of drug-likeness (QED) is 0.801. The molecule has 24 heavy (non-hydrogen) atoms. The largest absolute Gasteiger partial charge is 0.392 e. The monoisotopic (exact) mass is 330 g/mol. The molecule has 1 aliphatic heterocycles. The van der Waals surface area contributed by atoms with E-state index in [1.807, 2.05) is 27.8 Å². The Bertz CT molecular complexity index is 849. The summed E-state index contributed by atoms with van der Waals surface area (Å²) in [5.41, 5.74) is 1.47. The fourth-order valence-corrected chi connectivity index (χ4v) is 3.28. The third kappa shape index (κ3) is 2.76. The van der Waals surface area contributed by atoms with Crippen LogP contribution in [0.15, 0.2) is 42.9 Å². The second kappa shape index (κ2) is 5.92. The molecule has 7 heteroatoms. The Labute approximate surface area is 137 Å². The first-order chi connectivity index (χ1) is 11.6. The van der Waals surface area contributed by atoms with Crippen molar-refractivity contribution in [3.8, 4) is 0 Å². The maximum absolute atomic E-state index is 13.5. The summed E-state index contributed by atoms with van der Waals surface area (Å²) in [6, 6.07) is 5.55. The van der Waals surface area contributed by atoms with Gasteiger partial charge in [0.25, 0.3) is 0 Å². The summed E-state index contributed by atoms with van der Waals surface area (Å²) in [5.74, 6) is -1.13. The summed E-state index contributed by atoms with van der Waals surface area (Å²) < 4.78 is 28.5. The topological polar surface area (TPSA) is 53.7 Å². The molecule has 1 saturated heterocycles. The zero-order valence-corrected chi connectivity index (χ0v) is 12.8. The summed E-state index contributed by atoms with van der Waals surface area (Å²) in [6.07, 6.45) is 5.41. The molecule has 0 spiro atoms. The Morgan fingerprint density at radius 1 is 1.25 bits per heavy atom. The number of nitrogens with zero attached hydrogens (tertiary/aromatic N) is 4. The third-order valence-corrected chi connectivity index (χ3v) is 4.36. The predicted molar refractivity (Wildman–Crippen MR) is 83.1 cm³/mol. The van der Waals surface area contributed by atoms with Crippen LogP contribution in [0.1, 0.15) is 23.7 Å². The second-order valence-electron chi connectivity index (χ2n) is 6.07. The van der Waals surface area contributed by atoms with Crippen LogP contribution in [-0.4, -0.2) is 37.0 Å². The summed E-state index contributed by atoms with van der Waals surface area (Å²) in [5, 5.41) is 10.0. The fraction of sp³-hybridized carbons (Fsp3) is 0.294. The minimum absolute atomic E-state index is 0.173. The van der Waals surface area contributed by atoms with Crippen molar-refractivity contribution in [3.63, 3.8) is 0 Å². The highest BCUT2D eigenvalue weighted by Gasteiger charge is 2.32. The summed E-state index contributed by atoms with van der Waals surface area (Å²) in [7, 11) is 0. The maximum Gasteiger partial charge on any atom is 0.233 e. The molecule has 1 aromatic carbocycles. The Hall–Kier alpha value is -2.38. The Kier molecular flexibility index (Phi) is 3.74. The molecule has 1 N–H and O–H groups in total. The molecule has 2 aromatic heterocycles. The smallest absolute Gasteiger partial charge is 0.233 e. The van der Waals surface area contributed by atoms with Crippen LogP contribution in [0, 0.1) is 11.6 Å². The molecule has 1 fully saturated rings. The van der Waals surface area contributed by atoms with Gasteiger partial charge in [-0.1, -0.05) is 6.07 Å². The van der Waals surface area contributed by atoms with Gasteiger partial charge in [0.15, 0.2) is 11.6 Å². The van der Waals surface area contributed by atoms with Crippen LogP contribution in [0.3, 0.4) is 0 Å². The average Bonchev–Trinajstić information content (AvgIpc) is 3.13. The van der Waals surface area contributed by atoms with E-state index < -0.39 is 17.7 Å². The lowest BCUT2D eigenvalue weighted by Crippen LogP contribution is -2.24. The van der Waals surface area contributed by atoms with Crippen molar-refractivity contribution in [1.82, 2.24) is 19.3 Å². The van der Waals surface area contributed by atoms with E-state index in [1.165, 1.54) is 6.07 Å². The van der Waals surface area contributed by atoms with Gasteiger partial charge in [0.1, 0.15) is 0 Å². The van der Waals surface area contributed by atoms with Gasteiger partial charge in [-0.2, -0.15) is 0 Å². The van der Waals surface area contributed by atoms with Crippen LogP contribution >= 0.6 is 0 Å². The van der Waals surface area contributed by atoms with Gasteiger partial charge in [-0.3, -0.25) is 9.30 Å². The first-order valence-corrected chi connectivity index (χ1v) is 7.76. The van der Waals surface area contributed by atoms with Gasteiger partial charge in [-0.05, 0) is 30.2 Å². The van der Waals surface area contributed by atoms with E-state index in [1.54, 1.807) is 12.3 Å². The highest BCUT2D eigenvalue weighted by Crippen LogP contribution is 2.33. The van der Waals surface area contributed by atoms with E-state index in [-0.39, 0.29) is 6.04 Å². The molecular weight excluding hydrogens is 314 g/mol. The number of imidazole rings is 1. The lowest BCUT2D eigenvalue weighted by molar-refractivity contribution is 0.172. The number of halogens is 2. The van der Waals surface area contributed by atoms with E-state index >= 15 is 0 Å². The molecule has 124 valence electrons. The van der Waals surface area contributed by atoms with Crippen molar-refractivity contribution in [3.05, 3.63) is 65.7 Å². The van der Waals surface area contributed by atoms with Crippen LogP contribution in [0.25, 0.3) is 5.78 Å². The molecule has 3 aromatic rings. The molecule has 1 aliphatic rings. The lowest BCUT2D eigenvalue weighted by Gasteiger charge is -2.23. The molecule has 2 atom stereocenters.